The molecule has 5 heteroatoms. The van der Waals surface area contributed by atoms with Gasteiger partial charge in [-0.25, -0.2) is 4.39 Å². The summed E-state index contributed by atoms with van der Waals surface area (Å²) in [6.45, 7) is 2.21. The van der Waals surface area contributed by atoms with Crippen LogP contribution in [-0.4, -0.2) is 26.7 Å². The van der Waals surface area contributed by atoms with Crippen LogP contribution in [0.2, 0.25) is 0 Å². The molecule has 0 unspecified atom stereocenters. The van der Waals surface area contributed by atoms with Gasteiger partial charge in [0, 0.05) is 6.54 Å². The molecule has 0 aliphatic carbocycles. The van der Waals surface area contributed by atoms with Crippen LogP contribution in [0.15, 0.2) is 36.4 Å². The zero-order chi connectivity index (χ0) is 16.8. The highest BCUT2D eigenvalue weighted by atomic mass is 19.1. The number of carbonyl (C=O) groups is 1. The van der Waals surface area contributed by atoms with Crippen LogP contribution in [0.1, 0.15) is 21.5 Å². The molecule has 122 valence electrons. The summed E-state index contributed by atoms with van der Waals surface area (Å²) in [6, 6.07) is 9.92. The molecular formula is C18H20FNO3. The smallest absolute Gasteiger partial charge is 0.255 e. The zero-order valence-corrected chi connectivity index (χ0v) is 13.5. The number of hydrogen-bond donors (Lipinski definition) is 1. The van der Waals surface area contributed by atoms with E-state index in [2.05, 4.69) is 5.32 Å². The Balaban J connectivity index is 2.07. The van der Waals surface area contributed by atoms with E-state index >= 15 is 0 Å². The minimum absolute atomic E-state index is 0.267. The first-order valence-electron chi connectivity index (χ1n) is 7.31. The van der Waals surface area contributed by atoms with Gasteiger partial charge < -0.3 is 14.8 Å². The topological polar surface area (TPSA) is 47.6 Å². The summed E-state index contributed by atoms with van der Waals surface area (Å²) < 4.78 is 24.0. The highest BCUT2D eigenvalue weighted by Crippen LogP contribution is 2.28. The van der Waals surface area contributed by atoms with E-state index in [1.54, 1.807) is 37.4 Å². The maximum atomic E-state index is 13.5. The van der Waals surface area contributed by atoms with Crippen molar-refractivity contribution in [2.45, 2.75) is 13.3 Å². The Bertz CT molecular complexity index is 701. The number of carbonyl (C=O) groups excluding carboxylic acids is 1. The van der Waals surface area contributed by atoms with E-state index in [-0.39, 0.29) is 11.7 Å². The van der Waals surface area contributed by atoms with Gasteiger partial charge in [0.1, 0.15) is 17.3 Å². The lowest BCUT2D eigenvalue weighted by Gasteiger charge is -2.13. The molecule has 2 aromatic carbocycles. The van der Waals surface area contributed by atoms with E-state index in [0.29, 0.717) is 35.6 Å². The first kappa shape index (κ1) is 16.8. The van der Waals surface area contributed by atoms with Gasteiger partial charge in [0.2, 0.25) is 0 Å². The van der Waals surface area contributed by atoms with E-state index in [0.717, 1.165) is 5.56 Å². The fourth-order valence-electron chi connectivity index (χ4n) is 2.33. The van der Waals surface area contributed by atoms with Crippen molar-refractivity contribution in [1.82, 2.24) is 5.32 Å². The van der Waals surface area contributed by atoms with Gasteiger partial charge in [-0.2, -0.15) is 0 Å². The average Bonchev–Trinajstić information content (AvgIpc) is 2.56. The Hall–Kier alpha value is -2.56. The van der Waals surface area contributed by atoms with Gasteiger partial charge in [-0.15, -0.1) is 0 Å². The molecule has 0 radical (unpaired) electrons. The Morgan fingerprint density at radius 1 is 1.13 bits per heavy atom. The van der Waals surface area contributed by atoms with Crippen molar-refractivity contribution in [3.63, 3.8) is 0 Å². The van der Waals surface area contributed by atoms with Crippen LogP contribution in [-0.2, 0) is 6.42 Å². The SMILES string of the molecule is COc1cc(C(=O)NCCc2ccccc2F)c(OC)cc1C. The first-order chi connectivity index (χ1) is 11.1. The number of ether oxygens (including phenoxy) is 2. The quantitative estimate of drug-likeness (QED) is 0.890. The second-order valence-corrected chi connectivity index (χ2v) is 5.12. The fourth-order valence-corrected chi connectivity index (χ4v) is 2.33. The third-order valence-electron chi connectivity index (χ3n) is 3.60. The molecule has 4 nitrogen and oxygen atoms in total. The van der Waals surface area contributed by atoms with Gasteiger partial charge in [0.25, 0.3) is 5.91 Å². The predicted octanol–water partition coefficient (Wildman–Crippen LogP) is 3.12. The highest BCUT2D eigenvalue weighted by Gasteiger charge is 2.15. The third-order valence-corrected chi connectivity index (χ3v) is 3.60. The molecule has 0 spiro atoms. The molecule has 0 aliphatic rings. The van der Waals surface area contributed by atoms with Crippen LogP contribution in [0, 0.1) is 12.7 Å². The number of rotatable bonds is 6. The first-order valence-corrected chi connectivity index (χ1v) is 7.31. The lowest BCUT2D eigenvalue weighted by atomic mass is 10.1. The Labute approximate surface area is 135 Å². The van der Waals surface area contributed by atoms with Gasteiger partial charge in [0.05, 0.1) is 19.8 Å². The van der Waals surface area contributed by atoms with Crippen molar-refractivity contribution in [3.05, 3.63) is 58.9 Å². The summed E-state index contributed by atoms with van der Waals surface area (Å²) in [5.74, 6) is 0.546. The monoisotopic (exact) mass is 317 g/mol. The van der Waals surface area contributed by atoms with Crippen LogP contribution in [0.5, 0.6) is 11.5 Å². The fraction of sp³-hybridized carbons (Fsp3) is 0.278. The highest BCUT2D eigenvalue weighted by molar-refractivity contribution is 5.97. The van der Waals surface area contributed by atoms with E-state index in [1.165, 1.54) is 13.2 Å². The molecule has 1 amide bonds. The van der Waals surface area contributed by atoms with E-state index in [1.807, 2.05) is 6.92 Å². The molecule has 23 heavy (non-hydrogen) atoms. The normalized spacial score (nSPS) is 10.3. The van der Waals surface area contributed by atoms with Gasteiger partial charge in [-0.05, 0) is 42.7 Å². The molecule has 0 heterocycles. The van der Waals surface area contributed by atoms with E-state index in [9.17, 15) is 9.18 Å². The molecule has 0 saturated carbocycles. The van der Waals surface area contributed by atoms with Crippen LogP contribution < -0.4 is 14.8 Å². The second kappa shape index (κ2) is 7.63. The molecule has 0 fully saturated rings. The Morgan fingerprint density at radius 3 is 2.48 bits per heavy atom. The van der Waals surface area contributed by atoms with Gasteiger partial charge in [-0.1, -0.05) is 18.2 Å². The van der Waals surface area contributed by atoms with Crippen molar-refractivity contribution < 1.29 is 18.7 Å². The van der Waals surface area contributed by atoms with Crippen LogP contribution >= 0.6 is 0 Å². The maximum Gasteiger partial charge on any atom is 0.255 e. The second-order valence-electron chi connectivity index (χ2n) is 5.12. The van der Waals surface area contributed by atoms with Crippen molar-refractivity contribution in [1.29, 1.82) is 0 Å². The largest absolute Gasteiger partial charge is 0.496 e. The number of aryl methyl sites for hydroxylation is 1. The third kappa shape index (κ3) is 4.00. The summed E-state index contributed by atoms with van der Waals surface area (Å²) in [5.41, 5.74) is 1.84. The minimum Gasteiger partial charge on any atom is -0.496 e. The number of hydrogen-bond acceptors (Lipinski definition) is 3. The lowest BCUT2D eigenvalue weighted by Crippen LogP contribution is -2.26. The molecule has 0 bridgehead atoms. The van der Waals surface area contributed by atoms with Crippen molar-refractivity contribution in [3.8, 4) is 11.5 Å². The van der Waals surface area contributed by atoms with Crippen LogP contribution in [0.3, 0.4) is 0 Å². The molecule has 0 aliphatic heterocycles. The van der Waals surface area contributed by atoms with E-state index in [4.69, 9.17) is 9.47 Å². The molecule has 2 rings (SSSR count). The zero-order valence-electron chi connectivity index (χ0n) is 13.5. The Morgan fingerprint density at radius 2 is 1.83 bits per heavy atom. The molecule has 2 aromatic rings. The average molecular weight is 317 g/mol. The number of methoxy groups -OCH3 is 2. The minimum atomic E-state index is -0.281. The summed E-state index contributed by atoms with van der Waals surface area (Å²) in [5, 5.41) is 2.78. The van der Waals surface area contributed by atoms with Gasteiger partial charge in [0.15, 0.2) is 0 Å². The number of halogens is 1. The summed E-state index contributed by atoms with van der Waals surface area (Å²) >= 11 is 0. The van der Waals surface area contributed by atoms with E-state index < -0.39 is 0 Å². The standard InChI is InChI=1S/C18H20FNO3/c1-12-10-17(23-3)14(11-16(12)22-2)18(21)20-9-8-13-6-4-5-7-15(13)19/h4-7,10-11H,8-9H2,1-3H3,(H,20,21). The van der Waals surface area contributed by atoms with Crippen molar-refractivity contribution >= 4 is 5.91 Å². The molecule has 0 atom stereocenters. The summed E-state index contributed by atoms with van der Waals surface area (Å²) in [4.78, 5) is 12.3. The van der Waals surface area contributed by atoms with Crippen molar-refractivity contribution in [2.24, 2.45) is 0 Å². The number of benzene rings is 2. The van der Waals surface area contributed by atoms with Crippen LogP contribution in [0.25, 0.3) is 0 Å². The Kier molecular flexibility index (Phi) is 5.57. The number of nitrogens with one attached hydrogen (secondary N) is 1. The van der Waals surface area contributed by atoms with Gasteiger partial charge in [-0.3, -0.25) is 4.79 Å². The molecular weight excluding hydrogens is 297 g/mol. The molecule has 1 N–H and O–H groups in total. The predicted molar refractivity (Wildman–Crippen MR) is 86.7 cm³/mol. The molecule has 0 saturated heterocycles. The summed E-state index contributed by atoms with van der Waals surface area (Å²) in [6.07, 6.45) is 0.420. The van der Waals surface area contributed by atoms with Crippen LogP contribution in [0.4, 0.5) is 4.39 Å². The number of amides is 1. The molecule has 0 aromatic heterocycles. The summed E-state index contributed by atoms with van der Waals surface area (Å²) in [7, 11) is 3.06. The lowest BCUT2D eigenvalue weighted by molar-refractivity contribution is 0.0950. The maximum absolute atomic E-state index is 13.5. The van der Waals surface area contributed by atoms with Gasteiger partial charge >= 0.3 is 0 Å². The van der Waals surface area contributed by atoms with Crippen molar-refractivity contribution in [2.75, 3.05) is 20.8 Å².